The second-order valence-corrected chi connectivity index (χ2v) is 6.86. The fourth-order valence-corrected chi connectivity index (χ4v) is 4.03. The van der Waals surface area contributed by atoms with Crippen molar-refractivity contribution in [3.63, 3.8) is 0 Å². The monoisotopic (exact) mass is 325 g/mol. The van der Waals surface area contributed by atoms with Gasteiger partial charge in [-0.25, -0.2) is 4.39 Å². The number of hydrogen-bond acceptors (Lipinski definition) is 3. The lowest BCUT2D eigenvalue weighted by Gasteiger charge is -2.43. The van der Waals surface area contributed by atoms with Crippen molar-refractivity contribution < 1.29 is 13.9 Å². The van der Waals surface area contributed by atoms with E-state index in [0.717, 1.165) is 11.3 Å². The van der Waals surface area contributed by atoms with E-state index in [2.05, 4.69) is 23.5 Å². The van der Waals surface area contributed by atoms with E-state index in [-0.39, 0.29) is 24.1 Å². The van der Waals surface area contributed by atoms with Crippen molar-refractivity contribution in [2.24, 2.45) is 0 Å². The van der Waals surface area contributed by atoms with Crippen molar-refractivity contribution in [1.82, 2.24) is 0 Å². The van der Waals surface area contributed by atoms with Gasteiger partial charge in [0, 0.05) is 16.8 Å². The van der Waals surface area contributed by atoms with E-state index < -0.39 is 0 Å². The highest BCUT2D eigenvalue weighted by Gasteiger charge is 2.43. The zero-order valence-electron chi connectivity index (χ0n) is 13.4. The summed E-state index contributed by atoms with van der Waals surface area (Å²) >= 11 is 0. The summed E-state index contributed by atoms with van der Waals surface area (Å²) in [4.78, 5) is 0. The third-order valence-corrected chi connectivity index (χ3v) is 5.31. The average Bonchev–Trinajstić information content (AvgIpc) is 3.46. The number of benzene rings is 2. The average molecular weight is 325 g/mol. The van der Waals surface area contributed by atoms with Gasteiger partial charge in [0.1, 0.15) is 18.0 Å². The zero-order chi connectivity index (χ0) is 16.1. The Bertz CT molecular complexity index is 774. The molecule has 2 aromatic carbocycles. The van der Waals surface area contributed by atoms with Crippen molar-refractivity contribution in [2.45, 2.75) is 37.0 Å². The molecular formula is C20H20FNO2. The van der Waals surface area contributed by atoms with Crippen molar-refractivity contribution in [3.8, 4) is 0 Å². The number of para-hydroxylation sites is 1. The smallest absolute Gasteiger partial charge is 0.128 e. The maximum Gasteiger partial charge on any atom is 0.128 e. The fourth-order valence-electron chi connectivity index (χ4n) is 4.03. The van der Waals surface area contributed by atoms with Gasteiger partial charge < -0.3 is 14.8 Å². The first-order valence-electron chi connectivity index (χ1n) is 8.70. The number of halogens is 1. The topological polar surface area (TPSA) is 30.5 Å². The molecule has 2 aromatic rings. The molecule has 0 amide bonds. The number of anilines is 1. The molecule has 2 heterocycles. The Labute approximate surface area is 140 Å². The predicted octanol–water partition coefficient (Wildman–Crippen LogP) is 4.33. The molecule has 1 saturated carbocycles. The van der Waals surface area contributed by atoms with Crippen molar-refractivity contribution >= 4 is 5.69 Å². The van der Waals surface area contributed by atoms with Gasteiger partial charge >= 0.3 is 0 Å². The summed E-state index contributed by atoms with van der Waals surface area (Å²) in [5, 5.41) is 3.60. The molecule has 24 heavy (non-hydrogen) atoms. The first-order valence-corrected chi connectivity index (χ1v) is 8.70. The van der Waals surface area contributed by atoms with Gasteiger partial charge in [0.15, 0.2) is 0 Å². The van der Waals surface area contributed by atoms with Crippen LogP contribution in [0.3, 0.4) is 0 Å². The molecule has 0 radical (unpaired) electrons. The molecule has 0 bridgehead atoms. The van der Waals surface area contributed by atoms with Crippen LogP contribution in [0.4, 0.5) is 10.1 Å². The summed E-state index contributed by atoms with van der Waals surface area (Å²) in [5.74, 6) is 0.421. The molecule has 3 unspecified atom stereocenters. The van der Waals surface area contributed by atoms with E-state index in [1.807, 2.05) is 12.1 Å². The second-order valence-electron chi connectivity index (χ2n) is 6.86. The molecule has 0 aromatic heterocycles. The molecule has 2 aliphatic heterocycles. The van der Waals surface area contributed by atoms with Gasteiger partial charge in [0.25, 0.3) is 0 Å². The summed E-state index contributed by atoms with van der Waals surface area (Å²) in [7, 11) is 0. The van der Waals surface area contributed by atoms with Gasteiger partial charge in [-0.1, -0.05) is 36.4 Å². The molecule has 2 fully saturated rings. The van der Waals surface area contributed by atoms with Crippen molar-refractivity contribution in [2.75, 3.05) is 18.5 Å². The Balaban J connectivity index is 1.64. The Morgan fingerprint density at radius 2 is 1.62 bits per heavy atom. The van der Waals surface area contributed by atoms with Crippen molar-refractivity contribution in [3.05, 3.63) is 65.0 Å². The number of ether oxygens (including phenoxy) is 2. The van der Waals surface area contributed by atoms with Gasteiger partial charge in [-0.3, -0.25) is 0 Å². The van der Waals surface area contributed by atoms with Gasteiger partial charge in [-0.2, -0.15) is 0 Å². The second kappa shape index (κ2) is 5.57. The molecule has 4 heteroatoms. The van der Waals surface area contributed by atoms with Crippen LogP contribution >= 0.6 is 0 Å². The number of hydrogen-bond donors (Lipinski definition) is 1. The maximum absolute atomic E-state index is 14.4. The van der Waals surface area contributed by atoms with E-state index in [1.54, 1.807) is 6.07 Å². The number of nitrogens with one attached hydrogen (secondary N) is 1. The first-order chi connectivity index (χ1) is 11.8. The highest BCUT2D eigenvalue weighted by Crippen LogP contribution is 2.51. The fraction of sp³-hybridized carbons (Fsp3) is 0.400. The highest BCUT2D eigenvalue weighted by atomic mass is 19.1. The Kier molecular flexibility index (Phi) is 3.35. The molecule has 124 valence electrons. The van der Waals surface area contributed by atoms with Crippen LogP contribution < -0.4 is 5.32 Å². The minimum absolute atomic E-state index is 0.140. The minimum Gasteiger partial charge on any atom is -0.375 e. The van der Waals surface area contributed by atoms with Crippen LogP contribution in [-0.2, 0) is 9.47 Å². The summed E-state index contributed by atoms with van der Waals surface area (Å²) < 4.78 is 26.5. The molecule has 3 atom stereocenters. The van der Waals surface area contributed by atoms with Gasteiger partial charge in [0.05, 0.1) is 19.3 Å². The lowest BCUT2D eigenvalue weighted by molar-refractivity contribution is -0.151. The standard InChI is InChI=1S/C20H20FNO2/c21-16-7-2-1-4-14(16)18-20-19(23-10-11-24-20)15-6-3-5-13(12-8-9-12)17(15)22-18/h1-7,12,18-20,22H,8-11H2. The Hall–Kier alpha value is -1.91. The van der Waals surface area contributed by atoms with Crippen LogP contribution in [-0.4, -0.2) is 19.3 Å². The Morgan fingerprint density at radius 1 is 0.875 bits per heavy atom. The van der Waals surface area contributed by atoms with E-state index in [1.165, 1.54) is 24.5 Å². The molecule has 1 N–H and O–H groups in total. The molecule has 1 aliphatic carbocycles. The van der Waals surface area contributed by atoms with Gasteiger partial charge in [-0.15, -0.1) is 0 Å². The summed E-state index contributed by atoms with van der Waals surface area (Å²) in [6, 6.07) is 13.1. The normalized spacial score (nSPS) is 28.6. The molecule has 5 rings (SSSR count). The zero-order valence-corrected chi connectivity index (χ0v) is 13.4. The molecule has 3 nitrogen and oxygen atoms in total. The highest BCUT2D eigenvalue weighted by molar-refractivity contribution is 5.64. The van der Waals surface area contributed by atoms with Gasteiger partial charge in [-0.05, 0) is 30.4 Å². The van der Waals surface area contributed by atoms with E-state index in [0.29, 0.717) is 24.7 Å². The maximum atomic E-state index is 14.4. The van der Waals surface area contributed by atoms with Crippen LogP contribution in [0.2, 0.25) is 0 Å². The number of rotatable bonds is 2. The quantitative estimate of drug-likeness (QED) is 0.891. The van der Waals surface area contributed by atoms with Crippen LogP contribution in [0.15, 0.2) is 42.5 Å². The largest absolute Gasteiger partial charge is 0.375 e. The summed E-state index contributed by atoms with van der Waals surface area (Å²) in [5.41, 5.74) is 4.26. The van der Waals surface area contributed by atoms with E-state index >= 15 is 0 Å². The van der Waals surface area contributed by atoms with E-state index in [4.69, 9.17) is 9.47 Å². The van der Waals surface area contributed by atoms with Crippen LogP contribution in [0.5, 0.6) is 0 Å². The van der Waals surface area contributed by atoms with Gasteiger partial charge in [0.2, 0.25) is 0 Å². The SMILES string of the molecule is Fc1ccccc1C1Nc2c(C3CC3)cccc2C2OCCOC12. The molecule has 1 saturated heterocycles. The molecule has 0 spiro atoms. The third-order valence-electron chi connectivity index (χ3n) is 5.31. The van der Waals surface area contributed by atoms with E-state index in [9.17, 15) is 4.39 Å². The summed E-state index contributed by atoms with van der Waals surface area (Å²) in [6.07, 6.45) is 2.11. The van der Waals surface area contributed by atoms with Crippen LogP contribution in [0.1, 0.15) is 47.6 Å². The number of fused-ring (bicyclic) bond motifs is 3. The predicted molar refractivity (Wildman–Crippen MR) is 89.6 cm³/mol. The lowest BCUT2D eigenvalue weighted by atomic mass is 9.85. The van der Waals surface area contributed by atoms with Crippen molar-refractivity contribution in [1.29, 1.82) is 0 Å². The Morgan fingerprint density at radius 3 is 2.46 bits per heavy atom. The molecule has 3 aliphatic rings. The van der Waals surface area contributed by atoms with Crippen LogP contribution in [0.25, 0.3) is 0 Å². The minimum atomic E-state index is -0.232. The summed E-state index contributed by atoms with van der Waals surface area (Å²) in [6.45, 7) is 1.13. The third kappa shape index (κ3) is 2.25. The van der Waals surface area contributed by atoms with Crippen LogP contribution in [0, 0.1) is 5.82 Å². The first kappa shape index (κ1) is 14.4. The molecular weight excluding hydrogens is 305 g/mol. The lowest BCUT2D eigenvalue weighted by Crippen LogP contribution is -2.43.